The third kappa shape index (κ3) is 3.95. The van der Waals surface area contributed by atoms with Gasteiger partial charge in [0.25, 0.3) is 0 Å². The smallest absolute Gasteiger partial charge is 0.128 e. The van der Waals surface area contributed by atoms with Gasteiger partial charge in [0.1, 0.15) is 8.24 Å². The zero-order valence-corrected chi connectivity index (χ0v) is 12.5. The number of nitrogens with one attached hydrogen (secondary N) is 1. The molecule has 0 amide bonds. The van der Waals surface area contributed by atoms with E-state index in [1.54, 1.807) is 0 Å². The molecule has 14 heavy (non-hydrogen) atoms. The fraction of sp³-hybridized carbons (Fsp3) is 1.00. The Balaban J connectivity index is 4.55. The molecule has 3 heteroatoms. The van der Waals surface area contributed by atoms with Gasteiger partial charge in [0.2, 0.25) is 0 Å². The molecule has 0 aromatic carbocycles. The highest BCUT2D eigenvalue weighted by Crippen LogP contribution is 2.38. The molecule has 0 saturated heterocycles. The molecule has 1 N–H and O–H groups in total. The summed E-state index contributed by atoms with van der Waals surface area (Å²) in [4.78, 5) is 3.79. The minimum atomic E-state index is -1.36. The van der Waals surface area contributed by atoms with E-state index in [1.807, 2.05) is 0 Å². The van der Waals surface area contributed by atoms with Gasteiger partial charge in [0.15, 0.2) is 0 Å². The van der Waals surface area contributed by atoms with Gasteiger partial charge in [-0.1, -0.05) is 47.6 Å². The molecule has 0 aliphatic carbocycles. The maximum Gasteiger partial charge on any atom is 0.128 e. The van der Waals surface area contributed by atoms with Crippen LogP contribution in [0.15, 0.2) is 0 Å². The summed E-state index contributed by atoms with van der Waals surface area (Å²) in [6.07, 6.45) is 2.38. The summed E-state index contributed by atoms with van der Waals surface area (Å²) >= 11 is 4.57. The van der Waals surface area contributed by atoms with Crippen molar-refractivity contribution in [3.8, 4) is 0 Å². The Kier molecular flexibility index (Phi) is 5.78. The highest BCUT2D eigenvalue weighted by atomic mass is 32.1. The van der Waals surface area contributed by atoms with Crippen molar-refractivity contribution in [3.05, 3.63) is 0 Å². The highest BCUT2D eigenvalue weighted by molar-refractivity contribution is 7.81. The molecular formula is C11H27NSSi. The summed E-state index contributed by atoms with van der Waals surface area (Å²) in [7, 11) is -1.36. The Labute approximate surface area is 96.6 Å². The molecule has 0 bridgehead atoms. The molecule has 0 aromatic heterocycles. The zero-order valence-electron chi connectivity index (χ0n) is 10.6. The first kappa shape index (κ1) is 14.5. The van der Waals surface area contributed by atoms with Crippen molar-refractivity contribution in [1.82, 2.24) is 4.98 Å². The van der Waals surface area contributed by atoms with Crippen molar-refractivity contribution in [2.24, 2.45) is 0 Å². The second kappa shape index (κ2) is 5.57. The van der Waals surface area contributed by atoms with Crippen molar-refractivity contribution in [3.63, 3.8) is 0 Å². The molecule has 0 rings (SSSR count). The maximum absolute atomic E-state index is 4.57. The highest BCUT2D eigenvalue weighted by Gasteiger charge is 2.39. The van der Waals surface area contributed by atoms with Crippen molar-refractivity contribution in [1.29, 1.82) is 0 Å². The Morgan fingerprint density at radius 1 is 1.29 bits per heavy atom. The van der Waals surface area contributed by atoms with Crippen molar-refractivity contribution in [2.75, 3.05) is 0 Å². The van der Waals surface area contributed by atoms with E-state index in [-0.39, 0.29) is 0 Å². The summed E-state index contributed by atoms with van der Waals surface area (Å²) in [5.41, 5.74) is 0. The number of hydrogen-bond donors (Lipinski definition) is 2. The van der Waals surface area contributed by atoms with E-state index in [0.29, 0.717) is 10.4 Å². The molecule has 86 valence electrons. The largest absolute Gasteiger partial charge is 0.326 e. The number of rotatable bonds is 5. The standard InChI is InChI=1S/C11H27NSSi/c1-7-9-14(6,11(3,4)5)12-10(13)8-2/h10,12-13H,7-9H2,1-6H3. The predicted molar refractivity (Wildman–Crippen MR) is 72.6 cm³/mol. The summed E-state index contributed by atoms with van der Waals surface area (Å²) in [6.45, 7) is 14.0. The Morgan fingerprint density at radius 3 is 2.07 bits per heavy atom. The summed E-state index contributed by atoms with van der Waals surface area (Å²) in [6, 6.07) is 1.34. The fourth-order valence-electron chi connectivity index (χ4n) is 1.63. The van der Waals surface area contributed by atoms with Crippen LogP contribution in [0.2, 0.25) is 17.6 Å². The lowest BCUT2D eigenvalue weighted by atomic mass is 10.2. The van der Waals surface area contributed by atoms with Crippen LogP contribution >= 0.6 is 12.6 Å². The molecule has 0 aliphatic rings. The van der Waals surface area contributed by atoms with Crippen molar-refractivity contribution < 1.29 is 0 Å². The van der Waals surface area contributed by atoms with Crippen LogP contribution in [0, 0.1) is 0 Å². The first-order valence-electron chi connectivity index (χ1n) is 5.72. The van der Waals surface area contributed by atoms with Gasteiger partial charge >= 0.3 is 0 Å². The van der Waals surface area contributed by atoms with Crippen LogP contribution in [0.5, 0.6) is 0 Å². The van der Waals surface area contributed by atoms with Crippen LogP contribution in [0.3, 0.4) is 0 Å². The lowest BCUT2D eigenvalue weighted by Gasteiger charge is -2.42. The molecule has 2 unspecified atom stereocenters. The van der Waals surface area contributed by atoms with E-state index in [2.05, 4.69) is 58.8 Å². The predicted octanol–water partition coefficient (Wildman–Crippen LogP) is 4.03. The first-order chi connectivity index (χ1) is 6.27. The van der Waals surface area contributed by atoms with Gasteiger partial charge in [0, 0.05) is 5.37 Å². The number of hydrogen-bond acceptors (Lipinski definition) is 2. The van der Waals surface area contributed by atoms with E-state index in [0.717, 1.165) is 6.42 Å². The van der Waals surface area contributed by atoms with E-state index >= 15 is 0 Å². The topological polar surface area (TPSA) is 12.0 Å². The first-order valence-corrected chi connectivity index (χ1v) is 8.95. The summed E-state index contributed by atoms with van der Waals surface area (Å²) in [5.74, 6) is 0. The van der Waals surface area contributed by atoms with Gasteiger partial charge in [-0.25, -0.2) is 0 Å². The molecule has 0 aliphatic heterocycles. The molecule has 2 atom stereocenters. The van der Waals surface area contributed by atoms with Gasteiger partial charge in [-0.3, -0.25) is 0 Å². The minimum absolute atomic E-state index is 0.373. The summed E-state index contributed by atoms with van der Waals surface area (Å²) in [5, 5.41) is 0.788. The van der Waals surface area contributed by atoms with Crippen LogP contribution in [0.4, 0.5) is 0 Å². The Bertz CT molecular complexity index is 167. The van der Waals surface area contributed by atoms with Gasteiger partial charge in [-0.05, 0) is 17.5 Å². The minimum Gasteiger partial charge on any atom is -0.326 e. The molecule has 0 radical (unpaired) electrons. The third-order valence-corrected chi connectivity index (χ3v) is 9.81. The van der Waals surface area contributed by atoms with Crippen LogP contribution in [-0.2, 0) is 0 Å². The average molecular weight is 233 g/mol. The van der Waals surface area contributed by atoms with E-state index in [9.17, 15) is 0 Å². The molecule has 1 nitrogen and oxygen atoms in total. The van der Waals surface area contributed by atoms with Crippen LogP contribution in [0.1, 0.15) is 47.5 Å². The monoisotopic (exact) mass is 233 g/mol. The van der Waals surface area contributed by atoms with Crippen LogP contribution in [0.25, 0.3) is 0 Å². The van der Waals surface area contributed by atoms with E-state index < -0.39 is 8.24 Å². The molecule has 0 saturated carbocycles. The molecule has 0 aromatic rings. The lowest BCUT2D eigenvalue weighted by molar-refractivity contribution is 0.650. The fourth-order valence-corrected chi connectivity index (χ4v) is 5.76. The molecule has 0 spiro atoms. The molecule has 0 heterocycles. The Morgan fingerprint density at radius 2 is 1.79 bits per heavy atom. The second-order valence-corrected chi connectivity index (χ2v) is 11.0. The van der Waals surface area contributed by atoms with Crippen molar-refractivity contribution in [2.45, 2.75) is 70.5 Å². The average Bonchev–Trinajstić information content (AvgIpc) is 2.02. The quantitative estimate of drug-likeness (QED) is 0.415. The lowest BCUT2D eigenvalue weighted by Crippen LogP contribution is -2.57. The van der Waals surface area contributed by atoms with Gasteiger partial charge in [-0.15, -0.1) is 0 Å². The third-order valence-electron chi connectivity index (χ3n) is 3.28. The van der Waals surface area contributed by atoms with Crippen LogP contribution in [-0.4, -0.2) is 13.6 Å². The van der Waals surface area contributed by atoms with Gasteiger partial charge in [-0.2, -0.15) is 12.6 Å². The summed E-state index contributed by atoms with van der Waals surface area (Å²) < 4.78 is 0. The molecular weight excluding hydrogens is 206 g/mol. The second-order valence-electron chi connectivity index (χ2n) is 5.40. The van der Waals surface area contributed by atoms with E-state index in [1.165, 1.54) is 12.5 Å². The SMILES string of the molecule is CCC[Si](C)(NC(S)CC)C(C)(C)C. The van der Waals surface area contributed by atoms with Gasteiger partial charge in [0.05, 0.1) is 0 Å². The van der Waals surface area contributed by atoms with E-state index in [4.69, 9.17) is 0 Å². The number of thiol groups is 1. The zero-order chi connectivity index (χ0) is 11.4. The normalized spacial score (nSPS) is 19.1. The van der Waals surface area contributed by atoms with Crippen LogP contribution < -0.4 is 4.98 Å². The maximum atomic E-state index is 4.57. The van der Waals surface area contributed by atoms with Crippen molar-refractivity contribution >= 4 is 20.9 Å². The van der Waals surface area contributed by atoms with Gasteiger partial charge < -0.3 is 4.98 Å². The molecule has 0 fully saturated rings. The Hall–Kier alpha value is 0.527.